The van der Waals surface area contributed by atoms with Gasteiger partial charge in [-0.05, 0) is 32.3 Å². The van der Waals surface area contributed by atoms with Crippen molar-refractivity contribution in [2.45, 2.75) is 44.3 Å². The highest BCUT2D eigenvalue weighted by molar-refractivity contribution is 5.90. The fourth-order valence-electron chi connectivity index (χ4n) is 3.60. The zero-order valence-corrected chi connectivity index (χ0v) is 13.4. The zero-order valence-electron chi connectivity index (χ0n) is 13.4. The minimum Gasteiger partial charge on any atom is -0.494 e. The van der Waals surface area contributed by atoms with Crippen molar-refractivity contribution in [1.29, 1.82) is 0 Å². The molecule has 1 aromatic carbocycles. The molecule has 0 spiro atoms. The van der Waals surface area contributed by atoms with E-state index >= 15 is 0 Å². The highest BCUT2D eigenvalue weighted by Crippen LogP contribution is 2.35. The highest BCUT2D eigenvalue weighted by atomic mass is 19.1. The lowest BCUT2D eigenvalue weighted by Crippen LogP contribution is -2.31. The second kappa shape index (κ2) is 5.60. The smallest absolute Gasteiger partial charge is 0.167 e. The molecule has 0 radical (unpaired) electrons. The van der Waals surface area contributed by atoms with E-state index in [2.05, 4.69) is 27.1 Å². The topological polar surface area (TPSA) is 50.3 Å². The van der Waals surface area contributed by atoms with Gasteiger partial charge in [0.25, 0.3) is 0 Å². The molecule has 2 heterocycles. The van der Waals surface area contributed by atoms with Gasteiger partial charge in [0.15, 0.2) is 11.6 Å². The van der Waals surface area contributed by atoms with E-state index < -0.39 is 5.82 Å². The Balaban J connectivity index is 1.61. The number of rotatable bonds is 4. The molecule has 4 rings (SSSR count). The van der Waals surface area contributed by atoms with Crippen LogP contribution in [0.15, 0.2) is 18.5 Å². The Kier molecular flexibility index (Phi) is 3.56. The van der Waals surface area contributed by atoms with Crippen LogP contribution < -0.4 is 10.1 Å². The molecule has 6 heteroatoms. The van der Waals surface area contributed by atoms with Crippen LogP contribution in [0.3, 0.4) is 0 Å². The van der Waals surface area contributed by atoms with E-state index in [4.69, 9.17) is 4.74 Å². The Morgan fingerprint density at radius 1 is 1.30 bits per heavy atom. The van der Waals surface area contributed by atoms with Gasteiger partial charge >= 0.3 is 0 Å². The summed E-state index contributed by atoms with van der Waals surface area (Å²) in [6.45, 7) is 3.33. The first kappa shape index (κ1) is 14.6. The van der Waals surface area contributed by atoms with Crippen molar-refractivity contribution in [3.05, 3.63) is 24.3 Å². The Hall–Kier alpha value is -1.95. The molecule has 0 amide bonds. The first-order valence-corrected chi connectivity index (χ1v) is 8.16. The molecular weight excluding hydrogens is 295 g/mol. The molecule has 1 aliphatic heterocycles. The van der Waals surface area contributed by atoms with Crippen LogP contribution >= 0.6 is 0 Å². The summed E-state index contributed by atoms with van der Waals surface area (Å²) in [6.07, 6.45) is 5.22. The molecule has 1 N–H and O–H groups in total. The van der Waals surface area contributed by atoms with Crippen LogP contribution in [0.4, 0.5) is 10.2 Å². The van der Waals surface area contributed by atoms with E-state index in [9.17, 15) is 4.39 Å². The molecule has 2 aromatic rings. The SMILES string of the molecule is COc1cc2c(NC3CC(C)N(C4CC4)C3)ncnc2cc1F. The third kappa shape index (κ3) is 2.72. The third-order valence-corrected chi connectivity index (χ3v) is 4.89. The maximum absolute atomic E-state index is 13.8. The fourth-order valence-corrected chi connectivity index (χ4v) is 3.60. The number of hydrogen-bond acceptors (Lipinski definition) is 5. The number of anilines is 1. The second-order valence-electron chi connectivity index (χ2n) is 6.58. The number of halogens is 1. The van der Waals surface area contributed by atoms with Gasteiger partial charge in [0.05, 0.1) is 12.6 Å². The molecule has 0 bridgehead atoms. The molecule has 1 aromatic heterocycles. The summed E-state index contributed by atoms with van der Waals surface area (Å²) in [6, 6.07) is 4.80. The van der Waals surface area contributed by atoms with Crippen molar-refractivity contribution in [3.63, 3.8) is 0 Å². The molecule has 1 saturated heterocycles. The van der Waals surface area contributed by atoms with Gasteiger partial charge in [-0.3, -0.25) is 4.90 Å². The molecule has 122 valence electrons. The fraction of sp³-hybridized carbons (Fsp3) is 0.529. The van der Waals surface area contributed by atoms with E-state index in [0.717, 1.165) is 30.2 Å². The van der Waals surface area contributed by atoms with E-state index in [1.165, 1.54) is 32.3 Å². The van der Waals surface area contributed by atoms with Crippen LogP contribution in [-0.4, -0.2) is 46.6 Å². The quantitative estimate of drug-likeness (QED) is 0.940. The van der Waals surface area contributed by atoms with E-state index in [-0.39, 0.29) is 5.75 Å². The van der Waals surface area contributed by atoms with Crippen molar-refractivity contribution >= 4 is 16.7 Å². The van der Waals surface area contributed by atoms with Crippen LogP contribution in [-0.2, 0) is 0 Å². The number of methoxy groups -OCH3 is 1. The summed E-state index contributed by atoms with van der Waals surface area (Å²) in [5.74, 6) is 0.567. The van der Waals surface area contributed by atoms with E-state index in [1.807, 2.05) is 0 Å². The van der Waals surface area contributed by atoms with Gasteiger partial charge in [0.1, 0.15) is 12.1 Å². The predicted molar refractivity (Wildman–Crippen MR) is 87.3 cm³/mol. The third-order valence-electron chi connectivity index (χ3n) is 4.89. The standard InChI is InChI=1S/C17H21FN4O/c1-10-5-11(8-22(10)12-3-4-12)21-17-13-6-16(23-2)14(18)7-15(13)19-9-20-17/h6-7,9-12H,3-5,8H2,1-2H3,(H,19,20,21). The van der Waals surface area contributed by atoms with Gasteiger partial charge in [0.2, 0.25) is 0 Å². The number of nitrogens with one attached hydrogen (secondary N) is 1. The van der Waals surface area contributed by atoms with Gasteiger partial charge in [-0.2, -0.15) is 0 Å². The predicted octanol–water partition coefficient (Wildman–Crippen LogP) is 2.81. The Morgan fingerprint density at radius 2 is 2.13 bits per heavy atom. The van der Waals surface area contributed by atoms with Gasteiger partial charge < -0.3 is 10.1 Å². The van der Waals surface area contributed by atoms with Crippen LogP contribution in [0, 0.1) is 5.82 Å². The van der Waals surface area contributed by atoms with Gasteiger partial charge in [0, 0.05) is 36.1 Å². The van der Waals surface area contributed by atoms with E-state index in [1.54, 1.807) is 6.07 Å². The first-order chi connectivity index (χ1) is 11.2. The normalized spacial score (nSPS) is 25.0. The Bertz CT molecular complexity index is 734. The zero-order chi connectivity index (χ0) is 16.0. The van der Waals surface area contributed by atoms with Gasteiger partial charge in [-0.15, -0.1) is 0 Å². The average molecular weight is 316 g/mol. The maximum atomic E-state index is 13.8. The highest BCUT2D eigenvalue weighted by Gasteiger charge is 2.38. The summed E-state index contributed by atoms with van der Waals surface area (Å²) in [4.78, 5) is 11.1. The van der Waals surface area contributed by atoms with Gasteiger partial charge in [-0.1, -0.05) is 0 Å². The van der Waals surface area contributed by atoms with Crippen molar-refractivity contribution < 1.29 is 9.13 Å². The number of benzene rings is 1. The van der Waals surface area contributed by atoms with Crippen LogP contribution in [0.2, 0.25) is 0 Å². The number of hydrogen-bond donors (Lipinski definition) is 1. The lowest BCUT2D eigenvalue weighted by Gasteiger charge is -2.20. The lowest BCUT2D eigenvalue weighted by atomic mass is 10.1. The van der Waals surface area contributed by atoms with Crippen molar-refractivity contribution in [1.82, 2.24) is 14.9 Å². The summed E-state index contributed by atoms with van der Waals surface area (Å²) in [5, 5.41) is 4.32. The average Bonchev–Trinajstić information content (AvgIpc) is 3.31. The molecule has 2 aliphatic rings. The maximum Gasteiger partial charge on any atom is 0.167 e. The summed E-state index contributed by atoms with van der Waals surface area (Å²) in [5.41, 5.74) is 0.589. The summed E-state index contributed by atoms with van der Waals surface area (Å²) in [7, 11) is 1.47. The van der Waals surface area contributed by atoms with Crippen LogP contribution in [0.5, 0.6) is 5.75 Å². The van der Waals surface area contributed by atoms with Crippen molar-refractivity contribution in [2.75, 3.05) is 19.0 Å². The number of likely N-dealkylation sites (tertiary alicyclic amines) is 1. The van der Waals surface area contributed by atoms with Crippen molar-refractivity contribution in [2.24, 2.45) is 0 Å². The molecule has 2 atom stereocenters. The number of nitrogens with zero attached hydrogens (tertiary/aromatic N) is 3. The summed E-state index contributed by atoms with van der Waals surface area (Å²) < 4.78 is 18.9. The van der Waals surface area contributed by atoms with Crippen LogP contribution in [0.1, 0.15) is 26.2 Å². The minimum atomic E-state index is -0.404. The summed E-state index contributed by atoms with van der Waals surface area (Å²) >= 11 is 0. The largest absolute Gasteiger partial charge is 0.494 e. The molecular formula is C17H21FN4O. The molecule has 5 nitrogen and oxygen atoms in total. The number of ether oxygens (including phenoxy) is 1. The van der Waals surface area contributed by atoms with Gasteiger partial charge in [-0.25, -0.2) is 14.4 Å². The Morgan fingerprint density at radius 3 is 2.87 bits per heavy atom. The van der Waals surface area contributed by atoms with E-state index in [0.29, 0.717) is 17.6 Å². The second-order valence-corrected chi connectivity index (χ2v) is 6.58. The number of fused-ring (bicyclic) bond motifs is 1. The molecule has 1 saturated carbocycles. The molecule has 2 unspecified atom stereocenters. The Labute approximate surface area is 134 Å². The monoisotopic (exact) mass is 316 g/mol. The molecule has 23 heavy (non-hydrogen) atoms. The number of aromatic nitrogens is 2. The molecule has 1 aliphatic carbocycles. The van der Waals surface area contributed by atoms with Crippen molar-refractivity contribution in [3.8, 4) is 5.75 Å². The lowest BCUT2D eigenvalue weighted by molar-refractivity contribution is 0.257. The van der Waals surface area contributed by atoms with Crippen LogP contribution in [0.25, 0.3) is 10.9 Å². The first-order valence-electron chi connectivity index (χ1n) is 8.16. The molecule has 2 fully saturated rings. The minimum absolute atomic E-state index is 0.217.